The molecular weight excluding hydrogens is 300 g/mol. The third-order valence-corrected chi connectivity index (χ3v) is 6.10. The van der Waals surface area contributed by atoms with E-state index in [1.165, 1.54) is 6.42 Å². The first-order chi connectivity index (χ1) is 11.7. The molecule has 1 saturated carbocycles. The van der Waals surface area contributed by atoms with E-state index in [0.717, 1.165) is 44.2 Å². The minimum absolute atomic E-state index is 0.201. The number of hydrogen-bond donors (Lipinski definition) is 0. The molecule has 4 heteroatoms. The summed E-state index contributed by atoms with van der Waals surface area (Å²) in [5.41, 5.74) is 0.923. The van der Waals surface area contributed by atoms with Crippen molar-refractivity contribution >= 4 is 11.8 Å². The molecule has 0 radical (unpaired) electrons. The molecule has 2 saturated heterocycles. The van der Waals surface area contributed by atoms with Crippen LogP contribution in [0.4, 0.5) is 0 Å². The predicted molar refractivity (Wildman–Crippen MR) is 92.1 cm³/mol. The zero-order valence-electron chi connectivity index (χ0n) is 14.2. The smallest absolute Gasteiger partial charge is 0.226 e. The Hall–Kier alpha value is -1.84. The number of likely N-dealkylation sites (tertiary alicyclic amines) is 2. The Morgan fingerprint density at radius 2 is 1.92 bits per heavy atom. The highest BCUT2D eigenvalue weighted by Gasteiger charge is 2.51. The summed E-state index contributed by atoms with van der Waals surface area (Å²) < 4.78 is 0. The van der Waals surface area contributed by atoms with Crippen LogP contribution in [0, 0.1) is 5.92 Å². The fraction of sp³-hybridized carbons (Fsp3) is 0.600. The Kier molecular flexibility index (Phi) is 4.07. The lowest BCUT2D eigenvalue weighted by Crippen LogP contribution is -2.58. The van der Waals surface area contributed by atoms with Crippen LogP contribution < -0.4 is 0 Å². The van der Waals surface area contributed by atoms with E-state index in [-0.39, 0.29) is 17.4 Å². The molecule has 2 amide bonds. The zero-order chi connectivity index (χ0) is 16.6. The van der Waals surface area contributed by atoms with Crippen LogP contribution in [0.1, 0.15) is 50.5 Å². The van der Waals surface area contributed by atoms with Gasteiger partial charge in [0.25, 0.3) is 0 Å². The maximum atomic E-state index is 12.9. The molecule has 0 aromatic heterocycles. The molecule has 1 atom stereocenters. The fourth-order valence-electron chi connectivity index (χ4n) is 4.50. The second-order valence-electron chi connectivity index (χ2n) is 7.71. The van der Waals surface area contributed by atoms with Crippen molar-refractivity contribution in [2.45, 2.75) is 57.0 Å². The van der Waals surface area contributed by atoms with Crippen LogP contribution >= 0.6 is 0 Å². The molecule has 128 valence electrons. The van der Waals surface area contributed by atoms with E-state index in [2.05, 4.69) is 17.0 Å². The van der Waals surface area contributed by atoms with E-state index < -0.39 is 0 Å². The molecule has 4 rings (SSSR count). The van der Waals surface area contributed by atoms with Gasteiger partial charge in [-0.15, -0.1) is 0 Å². The van der Waals surface area contributed by atoms with Gasteiger partial charge in [-0.2, -0.15) is 0 Å². The van der Waals surface area contributed by atoms with E-state index >= 15 is 0 Å². The molecule has 4 nitrogen and oxygen atoms in total. The summed E-state index contributed by atoms with van der Waals surface area (Å²) in [6.07, 6.45) is 6.94. The molecule has 1 aromatic carbocycles. The average Bonchev–Trinajstić information content (AvgIpc) is 2.83. The van der Waals surface area contributed by atoms with Crippen LogP contribution in [0.5, 0.6) is 0 Å². The Balaban J connectivity index is 1.52. The lowest BCUT2D eigenvalue weighted by Gasteiger charge is -2.46. The van der Waals surface area contributed by atoms with Crippen molar-refractivity contribution in [1.82, 2.24) is 9.80 Å². The van der Waals surface area contributed by atoms with E-state index in [1.807, 2.05) is 23.1 Å². The van der Waals surface area contributed by atoms with Crippen LogP contribution in [0.2, 0.25) is 0 Å². The minimum atomic E-state index is -0.239. The predicted octanol–water partition coefficient (Wildman–Crippen LogP) is 2.97. The zero-order valence-corrected chi connectivity index (χ0v) is 14.2. The highest BCUT2D eigenvalue weighted by Crippen LogP contribution is 2.40. The molecular formula is C20H26N2O2. The Bertz CT molecular complexity index is 626. The number of piperidine rings is 1. The van der Waals surface area contributed by atoms with Gasteiger partial charge in [0.05, 0.1) is 12.0 Å². The molecule has 24 heavy (non-hydrogen) atoms. The van der Waals surface area contributed by atoms with Crippen LogP contribution in [0.25, 0.3) is 0 Å². The van der Waals surface area contributed by atoms with Crippen molar-refractivity contribution in [1.29, 1.82) is 0 Å². The minimum Gasteiger partial charge on any atom is -0.336 e. The van der Waals surface area contributed by atoms with Gasteiger partial charge in [0.1, 0.15) is 0 Å². The topological polar surface area (TPSA) is 40.6 Å². The lowest BCUT2D eigenvalue weighted by molar-refractivity contribution is -0.146. The third kappa shape index (κ3) is 2.72. The number of carbonyl (C=O) groups excluding carboxylic acids is 2. The van der Waals surface area contributed by atoms with E-state index in [4.69, 9.17) is 0 Å². The lowest BCUT2D eigenvalue weighted by atomic mass is 9.80. The largest absolute Gasteiger partial charge is 0.336 e. The number of rotatable bonds is 3. The second kappa shape index (κ2) is 6.23. The van der Waals surface area contributed by atoms with Gasteiger partial charge >= 0.3 is 0 Å². The Morgan fingerprint density at radius 1 is 1.12 bits per heavy atom. The van der Waals surface area contributed by atoms with Gasteiger partial charge in [0.15, 0.2) is 0 Å². The Morgan fingerprint density at radius 3 is 2.62 bits per heavy atom. The van der Waals surface area contributed by atoms with Gasteiger partial charge in [0, 0.05) is 25.6 Å². The van der Waals surface area contributed by atoms with E-state index in [1.54, 1.807) is 0 Å². The molecule has 2 heterocycles. The first-order valence-electron chi connectivity index (χ1n) is 9.31. The van der Waals surface area contributed by atoms with Gasteiger partial charge in [-0.05, 0) is 37.7 Å². The maximum Gasteiger partial charge on any atom is 0.226 e. The number of nitrogens with zero attached hydrogens (tertiary/aromatic N) is 2. The van der Waals surface area contributed by atoms with Gasteiger partial charge in [0.2, 0.25) is 11.8 Å². The summed E-state index contributed by atoms with van der Waals surface area (Å²) in [7, 11) is 0. The molecule has 1 spiro atoms. The summed E-state index contributed by atoms with van der Waals surface area (Å²) in [6.45, 7) is 2.20. The second-order valence-corrected chi connectivity index (χ2v) is 7.71. The van der Waals surface area contributed by atoms with Crippen LogP contribution in [-0.2, 0) is 16.1 Å². The standard InChI is InChI=1S/C20H26N2O2/c23-18-13-20(15-21(18)14-16-7-2-1-3-8-16)11-4-5-12-22(20)19(24)17-9-6-10-17/h1-3,7-8,17H,4-6,9-15H2. The van der Waals surface area contributed by atoms with Gasteiger partial charge in [-0.25, -0.2) is 0 Å². The molecule has 0 N–H and O–H groups in total. The summed E-state index contributed by atoms with van der Waals surface area (Å²) in [6, 6.07) is 10.2. The molecule has 1 aliphatic carbocycles. The van der Waals surface area contributed by atoms with Gasteiger partial charge < -0.3 is 9.80 Å². The molecule has 2 aliphatic heterocycles. The monoisotopic (exact) mass is 326 g/mol. The number of amides is 2. The SMILES string of the molecule is O=C1CC2(CCCCN2C(=O)C2CCC2)CN1Cc1ccccc1. The van der Waals surface area contributed by atoms with Gasteiger partial charge in [-0.3, -0.25) is 9.59 Å². The van der Waals surface area contributed by atoms with Crippen molar-refractivity contribution < 1.29 is 9.59 Å². The van der Waals surface area contributed by atoms with Crippen LogP contribution in [0.3, 0.4) is 0 Å². The molecule has 0 bridgehead atoms. The van der Waals surface area contributed by atoms with Crippen LogP contribution in [0.15, 0.2) is 30.3 Å². The van der Waals surface area contributed by atoms with Crippen molar-refractivity contribution in [3.8, 4) is 0 Å². The molecule has 1 unspecified atom stereocenters. The van der Waals surface area contributed by atoms with Crippen LogP contribution in [-0.4, -0.2) is 40.2 Å². The summed E-state index contributed by atoms with van der Waals surface area (Å²) in [5, 5.41) is 0. The molecule has 3 aliphatic rings. The van der Waals surface area contributed by atoms with E-state index in [0.29, 0.717) is 25.4 Å². The number of carbonyl (C=O) groups is 2. The third-order valence-electron chi connectivity index (χ3n) is 6.10. The number of hydrogen-bond acceptors (Lipinski definition) is 2. The molecule has 3 fully saturated rings. The normalized spacial score (nSPS) is 27.6. The summed E-state index contributed by atoms with van der Waals surface area (Å²) in [4.78, 5) is 29.6. The quantitative estimate of drug-likeness (QED) is 0.857. The van der Waals surface area contributed by atoms with Crippen molar-refractivity contribution in [3.63, 3.8) is 0 Å². The fourth-order valence-corrected chi connectivity index (χ4v) is 4.50. The summed E-state index contributed by atoms with van der Waals surface area (Å²) in [5.74, 6) is 0.737. The van der Waals surface area contributed by atoms with Crippen molar-refractivity contribution in [3.05, 3.63) is 35.9 Å². The first kappa shape index (κ1) is 15.7. The van der Waals surface area contributed by atoms with Gasteiger partial charge in [-0.1, -0.05) is 36.8 Å². The maximum absolute atomic E-state index is 12.9. The first-order valence-corrected chi connectivity index (χ1v) is 9.31. The highest BCUT2D eigenvalue weighted by atomic mass is 16.2. The average molecular weight is 326 g/mol. The van der Waals surface area contributed by atoms with E-state index in [9.17, 15) is 9.59 Å². The highest BCUT2D eigenvalue weighted by molar-refractivity contribution is 5.85. The summed E-state index contributed by atoms with van der Waals surface area (Å²) >= 11 is 0. The number of benzene rings is 1. The van der Waals surface area contributed by atoms with Crippen molar-refractivity contribution in [2.75, 3.05) is 13.1 Å². The molecule has 1 aromatic rings. The Labute approximate surface area is 143 Å². The van der Waals surface area contributed by atoms with Crippen molar-refractivity contribution in [2.24, 2.45) is 5.92 Å².